The summed E-state index contributed by atoms with van der Waals surface area (Å²) in [6.07, 6.45) is 5.68. The fraction of sp³-hybridized carbons (Fsp3) is 0.700. The van der Waals surface area contributed by atoms with E-state index in [-0.39, 0.29) is 10.3 Å². The average Bonchev–Trinajstić information content (AvgIpc) is 2.85. The summed E-state index contributed by atoms with van der Waals surface area (Å²) in [6, 6.07) is 0. The lowest BCUT2D eigenvalue weighted by Gasteiger charge is -2.10. The van der Waals surface area contributed by atoms with Gasteiger partial charge in [-0.25, -0.2) is 13.1 Å². The van der Waals surface area contributed by atoms with Crippen molar-refractivity contribution in [2.75, 3.05) is 6.54 Å². The molecule has 1 aliphatic carbocycles. The highest BCUT2D eigenvalue weighted by molar-refractivity contribution is 7.89. The standard InChI is InChI=1S/C10H16ClN3O2S/c1-14-7-10(6-12-14)17(15,16)13-5-8-2-3-9(11)4-8/h6-9,13H,2-5H2,1H3. The van der Waals surface area contributed by atoms with Gasteiger partial charge in [0.05, 0.1) is 6.20 Å². The van der Waals surface area contributed by atoms with Crippen molar-refractivity contribution in [3.8, 4) is 0 Å². The van der Waals surface area contributed by atoms with E-state index in [1.807, 2.05) is 0 Å². The molecule has 17 heavy (non-hydrogen) atoms. The van der Waals surface area contributed by atoms with E-state index in [4.69, 9.17) is 11.6 Å². The largest absolute Gasteiger partial charge is 0.274 e. The topological polar surface area (TPSA) is 64.0 Å². The van der Waals surface area contributed by atoms with Crippen LogP contribution in [0.4, 0.5) is 0 Å². The molecule has 1 heterocycles. The number of hydrogen-bond acceptors (Lipinski definition) is 3. The molecular weight excluding hydrogens is 262 g/mol. The SMILES string of the molecule is Cn1cc(S(=O)(=O)NCC2CCC(Cl)C2)cn1. The highest BCUT2D eigenvalue weighted by Crippen LogP contribution is 2.29. The van der Waals surface area contributed by atoms with Gasteiger partial charge in [-0.2, -0.15) is 5.10 Å². The molecule has 2 unspecified atom stereocenters. The Labute approximate surface area is 106 Å². The van der Waals surface area contributed by atoms with Crippen molar-refractivity contribution >= 4 is 21.6 Å². The summed E-state index contributed by atoms with van der Waals surface area (Å²) in [6.45, 7) is 0.459. The Bertz CT molecular complexity index is 485. The zero-order chi connectivity index (χ0) is 12.5. The van der Waals surface area contributed by atoms with Crippen molar-refractivity contribution in [3.63, 3.8) is 0 Å². The summed E-state index contributed by atoms with van der Waals surface area (Å²) in [5.74, 6) is 0.351. The number of hydrogen-bond donors (Lipinski definition) is 1. The second-order valence-corrected chi connectivity index (χ2v) is 6.86. The Hall–Kier alpha value is -0.590. The lowest BCUT2D eigenvalue weighted by Crippen LogP contribution is -2.28. The molecule has 0 spiro atoms. The molecule has 0 aromatic carbocycles. The van der Waals surface area contributed by atoms with Gasteiger partial charge in [0.2, 0.25) is 10.0 Å². The van der Waals surface area contributed by atoms with Gasteiger partial charge < -0.3 is 0 Å². The Kier molecular flexibility index (Phi) is 3.75. The van der Waals surface area contributed by atoms with E-state index < -0.39 is 10.0 Å². The molecule has 0 aliphatic heterocycles. The van der Waals surface area contributed by atoms with E-state index >= 15 is 0 Å². The van der Waals surface area contributed by atoms with Crippen molar-refractivity contribution < 1.29 is 8.42 Å². The molecule has 5 nitrogen and oxygen atoms in total. The Morgan fingerprint density at radius 3 is 2.88 bits per heavy atom. The molecule has 2 rings (SSSR count). The van der Waals surface area contributed by atoms with Gasteiger partial charge in [0.1, 0.15) is 4.90 Å². The Balaban J connectivity index is 1.94. The number of aromatic nitrogens is 2. The minimum absolute atomic E-state index is 0.197. The van der Waals surface area contributed by atoms with Crippen LogP contribution in [0, 0.1) is 5.92 Å². The predicted octanol–water partition coefficient (Wildman–Crippen LogP) is 1.11. The monoisotopic (exact) mass is 277 g/mol. The molecule has 1 fully saturated rings. The number of nitrogens with one attached hydrogen (secondary N) is 1. The van der Waals surface area contributed by atoms with Crippen LogP contribution in [0.15, 0.2) is 17.3 Å². The zero-order valence-corrected chi connectivity index (χ0v) is 11.2. The summed E-state index contributed by atoms with van der Waals surface area (Å²) in [5, 5.41) is 4.05. The second kappa shape index (κ2) is 4.96. The first kappa shape index (κ1) is 12.9. The summed E-state index contributed by atoms with van der Waals surface area (Å²) in [5.41, 5.74) is 0. The van der Waals surface area contributed by atoms with Crippen LogP contribution >= 0.6 is 11.6 Å². The normalized spacial score (nSPS) is 25.3. The van der Waals surface area contributed by atoms with Crippen LogP contribution in [0.5, 0.6) is 0 Å². The molecule has 1 aromatic rings. The summed E-state index contributed by atoms with van der Waals surface area (Å²) >= 11 is 5.99. The molecule has 96 valence electrons. The molecule has 1 N–H and O–H groups in total. The smallest absolute Gasteiger partial charge is 0.243 e. The van der Waals surface area contributed by atoms with Crippen molar-refractivity contribution in [2.45, 2.75) is 29.5 Å². The lowest BCUT2D eigenvalue weighted by molar-refractivity contribution is 0.520. The average molecular weight is 278 g/mol. The summed E-state index contributed by atoms with van der Waals surface area (Å²) < 4.78 is 27.9. The fourth-order valence-electron chi connectivity index (χ4n) is 2.05. The predicted molar refractivity (Wildman–Crippen MR) is 65.4 cm³/mol. The van der Waals surface area contributed by atoms with Crippen LogP contribution in [0.25, 0.3) is 0 Å². The number of aryl methyl sites for hydroxylation is 1. The van der Waals surface area contributed by atoms with Crippen molar-refractivity contribution in [3.05, 3.63) is 12.4 Å². The second-order valence-electron chi connectivity index (χ2n) is 4.48. The van der Waals surface area contributed by atoms with E-state index in [2.05, 4.69) is 9.82 Å². The molecule has 0 bridgehead atoms. The van der Waals surface area contributed by atoms with Gasteiger partial charge in [-0.1, -0.05) is 0 Å². The molecule has 7 heteroatoms. The van der Waals surface area contributed by atoms with Gasteiger partial charge in [0, 0.05) is 25.2 Å². The molecule has 0 saturated heterocycles. The zero-order valence-electron chi connectivity index (χ0n) is 9.63. The summed E-state index contributed by atoms with van der Waals surface area (Å²) in [7, 11) is -1.73. The number of halogens is 1. The van der Waals surface area contributed by atoms with Crippen molar-refractivity contribution in [1.82, 2.24) is 14.5 Å². The minimum Gasteiger partial charge on any atom is -0.274 e. The van der Waals surface area contributed by atoms with Gasteiger partial charge in [0.25, 0.3) is 0 Å². The number of sulfonamides is 1. The van der Waals surface area contributed by atoms with Crippen LogP contribution in [0.2, 0.25) is 0 Å². The van der Waals surface area contributed by atoms with Gasteiger partial charge in [-0.15, -0.1) is 11.6 Å². The van der Waals surface area contributed by atoms with Crippen molar-refractivity contribution in [1.29, 1.82) is 0 Å². The maximum absolute atomic E-state index is 11.9. The molecule has 2 atom stereocenters. The Morgan fingerprint density at radius 1 is 1.59 bits per heavy atom. The molecule has 1 aliphatic rings. The van der Waals surface area contributed by atoms with Gasteiger partial charge in [-0.3, -0.25) is 4.68 Å². The van der Waals surface area contributed by atoms with Crippen LogP contribution in [0.1, 0.15) is 19.3 Å². The van der Waals surface area contributed by atoms with E-state index in [1.54, 1.807) is 7.05 Å². The first-order valence-electron chi connectivity index (χ1n) is 5.60. The van der Waals surface area contributed by atoms with Gasteiger partial charge in [0.15, 0.2) is 0 Å². The molecular formula is C10H16ClN3O2S. The highest BCUT2D eigenvalue weighted by Gasteiger charge is 2.25. The third-order valence-corrected chi connectivity index (χ3v) is 4.81. The first-order chi connectivity index (χ1) is 7.97. The number of nitrogens with zero attached hydrogens (tertiary/aromatic N) is 2. The molecule has 1 saturated carbocycles. The Morgan fingerprint density at radius 2 is 2.35 bits per heavy atom. The van der Waals surface area contributed by atoms with Crippen LogP contribution in [-0.4, -0.2) is 30.1 Å². The lowest BCUT2D eigenvalue weighted by atomic mass is 10.1. The van der Waals surface area contributed by atoms with Crippen LogP contribution < -0.4 is 4.72 Å². The maximum Gasteiger partial charge on any atom is 0.243 e. The van der Waals surface area contributed by atoms with Crippen LogP contribution in [0.3, 0.4) is 0 Å². The van der Waals surface area contributed by atoms with Gasteiger partial charge in [-0.05, 0) is 25.2 Å². The third kappa shape index (κ3) is 3.20. The third-order valence-electron chi connectivity index (χ3n) is 3.03. The number of alkyl halides is 1. The van der Waals surface area contributed by atoms with Crippen molar-refractivity contribution in [2.24, 2.45) is 13.0 Å². The highest BCUT2D eigenvalue weighted by atomic mass is 35.5. The maximum atomic E-state index is 11.9. The van der Waals surface area contributed by atoms with Crippen LogP contribution in [-0.2, 0) is 17.1 Å². The number of rotatable bonds is 4. The van der Waals surface area contributed by atoms with E-state index in [0.29, 0.717) is 12.5 Å². The van der Waals surface area contributed by atoms with E-state index in [9.17, 15) is 8.42 Å². The molecule has 1 aromatic heterocycles. The minimum atomic E-state index is -3.42. The van der Waals surface area contributed by atoms with Gasteiger partial charge >= 0.3 is 0 Å². The van der Waals surface area contributed by atoms with E-state index in [1.165, 1.54) is 17.1 Å². The first-order valence-corrected chi connectivity index (χ1v) is 7.52. The molecule has 0 amide bonds. The summed E-state index contributed by atoms with van der Waals surface area (Å²) in [4.78, 5) is 0.209. The quantitative estimate of drug-likeness (QED) is 0.839. The molecule has 0 radical (unpaired) electrons. The fourth-order valence-corrected chi connectivity index (χ4v) is 3.52. The van der Waals surface area contributed by atoms with E-state index in [0.717, 1.165) is 19.3 Å².